The van der Waals surface area contributed by atoms with Crippen molar-refractivity contribution in [2.45, 2.75) is 57.9 Å². The first-order valence-corrected chi connectivity index (χ1v) is 8.61. The molecule has 0 spiro atoms. The minimum Gasteiger partial charge on any atom is -0.398 e. The summed E-state index contributed by atoms with van der Waals surface area (Å²) in [5.41, 5.74) is 8.78. The third-order valence-electron chi connectivity index (χ3n) is 4.54. The van der Waals surface area contributed by atoms with E-state index in [1.54, 1.807) is 6.92 Å². The Kier molecular flexibility index (Phi) is 4.12. The van der Waals surface area contributed by atoms with Gasteiger partial charge >= 0.3 is 0 Å². The summed E-state index contributed by atoms with van der Waals surface area (Å²) >= 11 is 0. The largest absolute Gasteiger partial charge is 0.398 e. The molecule has 0 saturated heterocycles. The number of nitrogen functional groups attached to an aromatic ring is 1. The number of nitrogens with two attached hydrogens (primary N) is 1. The molecule has 0 heterocycles. The summed E-state index contributed by atoms with van der Waals surface area (Å²) in [5.74, 6) is 0.465. The minimum absolute atomic E-state index is 0.0192. The van der Waals surface area contributed by atoms with Crippen LogP contribution in [0.4, 0.5) is 5.69 Å². The second kappa shape index (κ2) is 5.37. The van der Waals surface area contributed by atoms with Gasteiger partial charge in [-0.25, -0.2) is 13.1 Å². The lowest BCUT2D eigenvalue weighted by Crippen LogP contribution is -2.41. The highest BCUT2D eigenvalue weighted by Crippen LogP contribution is 2.32. The van der Waals surface area contributed by atoms with Crippen LogP contribution < -0.4 is 10.5 Å². The van der Waals surface area contributed by atoms with Crippen molar-refractivity contribution in [1.82, 2.24) is 4.72 Å². The molecule has 1 unspecified atom stereocenters. The number of hydrogen-bond donors (Lipinski definition) is 2. The highest BCUT2D eigenvalue weighted by atomic mass is 32.2. The van der Waals surface area contributed by atoms with Crippen LogP contribution in [0.3, 0.4) is 0 Å². The van der Waals surface area contributed by atoms with Crippen molar-refractivity contribution in [2.24, 2.45) is 5.92 Å². The molecule has 112 valence electrons. The molecule has 0 bridgehead atoms. The molecule has 0 aromatic heterocycles. The molecule has 1 atom stereocenters. The van der Waals surface area contributed by atoms with Crippen LogP contribution in [0.2, 0.25) is 0 Å². The van der Waals surface area contributed by atoms with Gasteiger partial charge in [0.25, 0.3) is 0 Å². The van der Waals surface area contributed by atoms with Gasteiger partial charge in [-0.2, -0.15) is 0 Å². The maximum Gasteiger partial charge on any atom is 0.241 e. The predicted octanol–water partition coefficient (Wildman–Crippen LogP) is 2.66. The average Bonchev–Trinajstić information content (AvgIpc) is 2.22. The summed E-state index contributed by atoms with van der Waals surface area (Å²) in [4.78, 5) is 0.348. The van der Waals surface area contributed by atoms with Crippen molar-refractivity contribution >= 4 is 15.7 Å². The number of rotatable bonds is 4. The highest BCUT2D eigenvalue weighted by Gasteiger charge is 2.30. The van der Waals surface area contributed by atoms with E-state index < -0.39 is 10.0 Å². The normalized spacial score (nSPS) is 17.8. The van der Waals surface area contributed by atoms with Gasteiger partial charge < -0.3 is 5.73 Å². The molecule has 20 heavy (non-hydrogen) atoms. The molecule has 1 aliphatic rings. The molecule has 0 amide bonds. The Morgan fingerprint density at radius 1 is 1.25 bits per heavy atom. The Morgan fingerprint density at radius 3 is 2.35 bits per heavy atom. The Hall–Kier alpha value is -1.07. The molecule has 2 rings (SSSR count). The van der Waals surface area contributed by atoms with Crippen LogP contribution in [0.1, 0.15) is 42.9 Å². The quantitative estimate of drug-likeness (QED) is 0.839. The molecule has 1 fully saturated rings. The van der Waals surface area contributed by atoms with Crippen LogP contribution in [-0.4, -0.2) is 14.5 Å². The third-order valence-corrected chi connectivity index (χ3v) is 6.38. The molecule has 0 aliphatic heterocycles. The van der Waals surface area contributed by atoms with Gasteiger partial charge in [0.1, 0.15) is 0 Å². The molecular formula is C15H24N2O2S. The van der Waals surface area contributed by atoms with Gasteiger partial charge in [0, 0.05) is 11.7 Å². The molecule has 0 radical (unpaired) electrons. The molecule has 1 aliphatic carbocycles. The lowest BCUT2D eigenvalue weighted by molar-refractivity contribution is 0.260. The fourth-order valence-electron chi connectivity index (χ4n) is 2.78. The zero-order valence-corrected chi connectivity index (χ0v) is 13.5. The van der Waals surface area contributed by atoms with Crippen LogP contribution in [0, 0.1) is 26.7 Å². The Bertz CT molecular complexity index is 593. The number of benzene rings is 1. The SMILES string of the molecule is Cc1cc(N)c(C)c(S(=O)(=O)NC(C)C2CCC2)c1C. The van der Waals surface area contributed by atoms with Crippen molar-refractivity contribution in [3.05, 3.63) is 22.8 Å². The number of hydrogen-bond acceptors (Lipinski definition) is 3. The van der Waals surface area contributed by atoms with E-state index in [4.69, 9.17) is 5.73 Å². The first-order valence-electron chi connectivity index (χ1n) is 7.12. The van der Waals surface area contributed by atoms with E-state index in [9.17, 15) is 8.42 Å². The minimum atomic E-state index is -3.52. The van der Waals surface area contributed by atoms with E-state index in [0.717, 1.165) is 24.0 Å². The zero-order chi connectivity index (χ0) is 15.1. The maximum absolute atomic E-state index is 12.7. The van der Waals surface area contributed by atoms with Gasteiger partial charge in [0.05, 0.1) is 4.90 Å². The topological polar surface area (TPSA) is 72.2 Å². The van der Waals surface area contributed by atoms with E-state index >= 15 is 0 Å². The molecule has 1 saturated carbocycles. The Morgan fingerprint density at radius 2 is 1.85 bits per heavy atom. The second-order valence-corrected chi connectivity index (χ2v) is 7.61. The Labute approximate surface area is 121 Å². The summed E-state index contributed by atoms with van der Waals surface area (Å²) < 4.78 is 28.2. The summed E-state index contributed by atoms with van der Waals surface area (Å²) in [5, 5.41) is 0. The van der Waals surface area contributed by atoms with Gasteiger partial charge in [-0.15, -0.1) is 0 Å². The number of aryl methyl sites for hydroxylation is 1. The van der Waals surface area contributed by atoms with E-state index in [0.29, 0.717) is 22.1 Å². The first-order chi connectivity index (χ1) is 9.24. The number of anilines is 1. The van der Waals surface area contributed by atoms with Crippen LogP contribution in [0.25, 0.3) is 0 Å². The smallest absolute Gasteiger partial charge is 0.241 e. The molecule has 3 N–H and O–H groups in total. The number of nitrogens with one attached hydrogen (secondary N) is 1. The lowest BCUT2D eigenvalue weighted by atomic mass is 9.81. The van der Waals surface area contributed by atoms with E-state index in [2.05, 4.69) is 4.72 Å². The van der Waals surface area contributed by atoms with Crippen LogP contribution in [0.5, 0.6) is 0 Å². The standard InChI is InChI=1S/C15H24N2O2S/c1-9-8-14(16)11(3)15(10(9)2)20(18,19)17-12(4)13-6-5-7-13/h8,12-13,17H,5-7,16H2,1-4H3. The number of sulfonamides is 1. The maximum atomic E-state index is 12.7. The van der Waals surface area contributed by atoms with Gasteiger partial charge in [-0.05, 0) is 69.2 Å². The van der Waals surface area contributed by atoms with Crippen LogP contribution in [-0.2, 0) is 10.0 Å². The highest BCUT2D eigenvalue weighted by molar-refractivity contribution is 7.89. The van der Waals surface area contributed by atoms with Crippen LogP contribution in [0.15, 0.2) is 11.0 Å². The summed E-state index contributed by atoms with van der Waals surface area (Å²) in [7, 11) is -3.52. The summed E-state index contributed by atoms with van der Waals surface area (Å²) in [6.07, 6.45) is 3.42. The van der Waals surface area contributed by atoms with E-state index in [1.807, 2.05) is 26.8 Å². The molecule has 1 aromatic rings. The Balaban J connectivity index is 2.38. The molecular weight excluding hydrogens is 272 g/mol. The van der Waals surface area contributed by atoms with Gasteiger partial charge in [-0.3, -0.25) is 0 Å². The fraction of sp³-hybridized carbons (Fsp3) is 0.600. The predicted molar refractivity (Wildman–Crippen MR) is 82.2 cm³/mol. The van der Waals surface area contributed by atoms with Gasteiger partial charge in [0.2, 0.25) is 10.0 Å². The second-order valence-electron chi connectivity index (χ2n) is 5.96. The van der Waals surface area contributed by atoms with Crippen molar-refractivity contribution < 1.29 is 8.42 Å². The lowest BCUT2D eigenvalue weighted by Gasteiger charge is -2.32. The van der Waals surface area contributed by atoms with Gasteiger partial charge in [0.15, 0.2) is 0 Å². The third kappa shape index (κ3) is 2.69. The average molecular weight is 296 g/mol. The van der Waals surface area contributed by atoms with E-state index in [1.165, 1.54) is 6.42 Å². The molecule has 1 aromatic carbocycles. The van der Waals surface area contributed by atoms with Crippen molar-refractivity contribution in [2.75, 3.05) is 5.73 Å². The van der Waals surface area contributed by atoms with Crippen LogP contribution >= 0.6 is 0 Å². The molecule has 5 heteroatoms. The summed E-state index contributed by atoms with van der Waals surface area (Å²) in [6, 6.07) is 1.81. The summed E-state index contributed by atoms with van der Waals surface area (Å²) in [6.45, 7) is 7.44. The van der Waals surface area contributed by atoms with E-state index in [-0.39, 0.29) is 6.04 Å². The zero-order valence-electron chi connectivity index (χ0n) is 12.7. The molecule has 4 nitrogen and oxygen atoms in total. The first kappa shape index (κ1) is 15.3. The van der Waals surface area contributed by atoms with Crippen molar-refractivity contribution in [3.8, 4) is 0 Å². The monoisotopic (exact) mass is 296 g/mol. The fourth-order valence-corrected chi connectivity index (χ4v) is 4.67. The van der Waals surface area contributed by atoms with Crippen molar-refractivity contribution in [1.29, 1.82) is 0 Å². The van der Waals surface area contributed by atoms with Crippen molar-refractivity contribution in [3.63, 3.8) is 0 Å². The van der Waals surface area contributed by atoms with Gasteiger partial charge in [-0.1, -0.05) is 6.42 Å².